The highest BCUT2D eigenvalue weighted by Gasteiger charge is 2.53. The average Bonchev–Trinajstić information content (AvgIpc) is 3.09. The van der Waals surface area contributed by atoms with Gasteiger partial charge < -0.3 is 34.4 Å². The predicted molar refractivity (Wildman–Crippen MR) is 182 cm³/mol. The van der Waals surface area contributed by atoms with Gasteiger partial charge in [0.15, 0.2) is 5.78 Å². The van der Waals surface area contributed by atoms with Crippen molar-refractivity contribution in [2.45, 2.75) is 147 Å². The highest BCUT2D eigenvalue weighted by molar-refractivity contribution is 6.39. The topological polar surface area (TPSA) is 160 Å². The Morgan fingerprint density at radius 1 is 0.959 bits per heavy atom. The molecule has 1 saturated carbocycles. The quantitative estimate of drug-likeness (QED) is 0.223. The zero-order chi connectivity index (χ0) is 35.9. The number of aliphatic hydroxyl groups excluding tert-OH is 2. The third-order valence-electron chi connectivity index (χ3n) is 11.5. The summed E-state index contributed by atoms with van der Waals surface area (Å²) in [6.07, 6.45) is 10.8. The van der Waals surface area contributed by atoms with E-state index < -0.39 is 71.8 Å². The molecule has 4 aliphatic rings. The molecule has 1 amide bonds. The summed E-state index contributed by atoms with van der Waals surface area (Å²) in [7, 11) is 1.48. The molecule has 0 spiro atoms. The second-order valence-corrected chi connectivity index (χ2v) is 15.1. The van der Waals surface area contributed by atoms with Crippen LogP contribution >= 0.6 is 0 Å². The van der Waals surface area contributed by atoms with Gasteiger partial charge in [0.1, 0.15) is 18.2 Å². The molecular weight excluding hydrogens is 630 g/mol. The van der Waals surface area contributed by atoms with Crippen LogP contribution in [0.3, 0.4) is 0 Å². The lowest BCUT2D eigenvalue weighted by Crippen LogP contribution is -2.61. The van der Waals surface area contributed by atoms with Gasteiger partial charge in [-0.2, -0.15) is 0 Å². The zero-order valence-corrected chi connectivity index (χ0v) is 30.0. The van der Waals surface area contributed by atoms with Crippen molar-refractivity contribution in [3.05, 3.63) is 24.3 Å². The van der Waals surface area contributed by atoms with Crippen LogP contribution < -0.4 is 0 Å². The Labute approximate surface area is 291 Å². The number of nitrogens with zero attached hydrogens (tertiary/aromatic N) is 1. The Morgan fingerprint density at radius 3 is 2.43 bits per heavy atom. The maximum absolute atomic E-state index is 14.0. The van der Waals surface area contributed by atoms with Crippen molar-refractivity contribution in [2.75, 3.05) is 13.7 Å². The van der Waals surface area contributed by atoms with Crippen molar-refractivity contribution in [1.29, 1.82) is 0 Å². The van der Waals surface area contributed by atoms with Crippen LogP contribution in [0.15, 0.2) is 24.3 Å². The summed E-state index contributed by atoms with van der Waals surface area (Å²) in [6.45, 7) is 7.61. The normalized spacial score (nSPS) is 41.2. The number of carbonyl (C=O) groups is 4. The van der Waals surface area contributed by atoms with Crippen LogP contribution in [-0.2, 0) is 33.4 Å². The van der Waals surface area contributed by atoms with Crippen molar-refractivity contribution < 1.29 is 48.7 Å². The number of piperidine rings is 1. The first kappa shape index (κ1) is 39.3. The molecule has 4 rings (SSSR count). The molecule has 49 heavy (non-hydrogen) atoms. The number of fused-ring (bicyclic) bond motifs is 3. The van der Waals surface area contributed by atoms with Crippen LogP contribution in [-0.4, -0.2) is 99.7 Å². The second kappa shape index (κ2) is 17.7. The molecule has 11 heteroatoms. The van der Waals surface area contributed by atoms with Gasteiger partial charge in [-0.25, -0.2) is 4.79 Å². The van der Waals surface area contributed by atoms with E-state index >= 15 is 0 Å². The van der Waals surface area contributed by atoms with Crippen LogP contribution in [0.1, 0.15) is 105 Å². The molecule has 0 aromatic rings. The largest absolute Gasteiger partial charge is 0.461 e. The number of methoxy groups -OCH3 is 1. The number of aliphatic hydroxyl groups is 3. The molecule has 0 aromatic heterocycles. The van der Waals surface area contributed by atoms with Gasteiger partial charge >= 0.3 is 5.97 Å². The number of hydrogen-bond acceptors (Lipinski definition) is 10. The van der Waals surface area contributed by atoms with E-state index in [0.717, 1.165) is 12.8 Å². The molecule has 3 heterocycles. The first-order chi connectivity index (χ1) is 23.3. The SMILES string of the molecule is CO[C@@H]1[C@@H](O)[C@H](C[C@@H](C)[C@@H]2CC[C@H](C)/C=C\CC/C=C\C(=O)[C@H](C)[C@@H]3CC[C@@H](C)[C@@](O)(O3)C(=O)C(=O)N3CCCC[C@H]3C(=O)O2)CC[C@H]1O. The van der Waals surface area contributed by atoms with Gasteiger partial charge in [0.05, 0.1) is 18.3 Å². The third-order valence-corrected chi connectivity index (χ3v) is 11.5. The van der Waals surface area contributed by atoms with Gasteiger partial charge in [-0.1, -0.05) is 45.9 Å². The fourth-order valence-electron chi connectivity index (χ4n) is 8.01. The Kier molecular flexibility index (Phi) is 14.2. The molecular formula is C38H59NO10. The Hall–Kier alpha value is -2.44. The summed E-state index contributed by atoms with van der Waals surface area (Å²) < 4.78 is 17.6. The molecule has 2 saturated heterocycles. The minimum atomic E-state index is -2.42. The fourth-order valence-corrected chi connectivity index (χ4v) is 8.01. The summed E-state index contributed by atoms with van der Waals surface area (Å²) in [5.41, 5.74) is 0. The number of allylic oxidation sites excluding steroid dienone is 4. The van der Waals surface area contributed by atoms with Gasteiger partial charge in [-0.05, 0) is 101 Å². The lowest BCUT2D eigenvalue weighted by atomic mass is 9.76. The standard InChI is InChI=1S/C38H59NO10/c1-23-12-8-6-7-9-14-29(40)26(4)32-20-16-25(3)38(46,49-32)35(43)36(44)39-21-11-10-13-28(39)37(45)48-31(19-15-23)24(2)22-27-17-18-30(41)34(47-5)33(27)42/h8-9,12,14,23-28,30-34,41-42,46H,6-7,10-11,13,15-22H2,1-5H3/b12-8-,14-9-/t23-,24-,25-,26+,27+,28+,30-,31+,32+,33+,34+,38-/m1/s1. The maximum atomic E-state index is 14.0. The van der Waals surface area contributed by atoms with Crippen molar-refractivity contribution in [2.24, 2.45) is 29.6 Å². The van der Waals surface area contributed by atoms with Gasteiger partial charge in [0, 0.05) is 25.5 Å². The van der Waals surface area contributed by atoms with E-state index in [9.17, 15) is 34.5 Å². The number of rotatable bonds is 4. The number of hydrogen-bond donors (Lipinski definition) is 3. The van der Waals surface area contributed by atoms with Crippen LogP contribution in [0.25, 0.3) is 0 Å². The Morgan fingerprint density at radius 2 is 1.69 bits per heavy atom. The van der Waals surface area contributed by atoms with Crippen LogP contribution in [0.4, 0.5) is 0 Å². The van der Waals surface area contributed by atoms with Crippen molar-refractivity contribution in [3.8, 4) is 0 Å². The van der Waals surface area contributed by atoms with E-state index in [2.05, 4.69) is 19.1 Å². The van der Waals surface area contributed by atoms with E-state index in [1.807, 2.05) is 13.0 Å². The molecule has 3 fully saturated rings. The smallest absolute Gasteiger partial charge is 0.329 e. The minimum Gasteiger partial charge on any atom is -0.461 e. The summed E-state index contributed by atoms with van der Waals surface area (Å²) >= 11 is 0. The molecule has 11 nitrogen and oxygen atoms in total. The van der Waals surface area contributed by atoms with Crippen molar-refractivity contribution in [1.82, 2.24) is 4.90 Å². The van der Waals surface area contributed by atoms with E-state index in [4.69, 9.17) is 14.2 Å². The van der Waals surface area contributed by atoms with Crippen LogP contribution in [0.5, 0.6) is 0 Å². The molecule has 12 atom stereocenters. The van der Waals surface area contributed by atoms with Gasteiger partial charge in [0.2, 0.25) is 5.79 Å². The first-order valence-corrected chi connectivity index (χ1v) is 18.5. The number of amides is 1. The highest BCUT2D eigenvalue weighted by atomic mass is 16.6. The number of esters is 1. The Bertz CT molecular complexity index is 1220. The van der Waals surface area contributed by atoms with Crippen LogP contribution in [0.2, 0.25) is 0 Å². The number of ketones is 2. The maximum Gasteiger partial charge on any atom is 0.329 e. The molecule has 2 bridgehead atoms. The van der Waals surface area contributed by atoms with E-state index in [-0.39, 0.29) is 30.1 Å². The molecule has 0 radical (unpaired) electrons. The summed E-state index contributed by atoms with van der Waals surface area (Å²) in [5.74, 6) is -6.73. The molecule has 276 valence electrons. The van der Waals surface area contributed by atoms with E-state index in [1.165, 1.54) is 18.1 Å². The molecule has 3 N–H and O–H groups in total. The second-order valence-electron chi connectivity index (χ2n) is 15.1. The number of Topliss-reactive ketones (excluding diaryl/α,β-unsaturated/α-hetero) is 1. The van der Waals surface area contributed by atoms with Gasteiger partial charge in [-0.15, -0.1) is 0 Å². The lowest BCUT2D eigenvalue weighted by molar-refractivity contribution is -0.268. The molecule has 3 aliphatic heterocycles. The molecule has 1 aliphatic carbocycles. The summed E-state index contributed by atoms with van der Waals surface area (Å²) in [4.78, 5) is 55.9. The highest BCUT2D eigenvalue weighted by Crippen LogP contribution is 2.38. The number of carbonyl (C=O) groups excluding carboxylic acids is 4. The third kappa shape index (κ3) is 9.47. The van der Waals surface area contributed by atoms with Crippen LogP contribution in [0, 0.1) is 29.6 Å². The number of cyclic esters (lactones) is 1. The van der Waals surface area contributed by atoms with Gasteiger partial charge in [0.25, 0.3) is 11.7 Å². The molecule has 0 unspecified atom stereocenters. The fraction of sp³-hybridized carbons (Fsp3) is 0.789. The number of ether oxygens (including phenoxy) is 3. The predicted octanol–water partition coefficient (Wildman–Crippen LogP) is 4.05. The first-order valence-electron chi connectivity index (χ1n) is 18.5. The van der Waals surface area contributed by atoms with E-state index in [0.29, 0.717) is 64.2 Å². The summed E-state index contributed by atoms with van der Waals surface area (Å²) in [6, 6.07) is -0.997. The summed E-state index contributed by atoms with van der Waals surface area (Å²) in [5, 5.41) is 32.9. The van der Waals surface area contributed by atoms with E-state index in [1.54, 1.807) is 13.8 Å². The monoisotopic (exact) mass is 689 g/mol. The van der Waals surface area contributed by atoms with Crippen molar-refractivity contribution in [3.63, 3.8) is 0 Å². The van der Waals surface area contributed by atoms with Gasteiger partial charge in [-0.3, -0.25) is 14.4 Å². The van der Waals surface area contributed by atoms with Crippen molar-refractivity contribution >= 4 is 23.4 Å². The Balaban J connectivity index is 1.60. The average molecular weight is 690 g/mol. The zero-order valence-electron chi connectivity index (χ0n) is 30.0. The minimum absolute atomic E-state index is 0.151. The lowest BCUT2D eigenvalue weighted by Gasteiger charge is -2.43. The molecule has 0 aromatic carbocycles.